The van der Waals surface area contributed by atoms with Crippen molar-refractivity contribution >= 4 is 23.1 Å². The molecular formula is C26H31N3O5. The molecule has 4 heterocycles. The fourth-order valence-corrected chi connectivity index (χ4v) is 5.03. The predicted molar refractivity (Wildman–Crippen MR) is 126 cm³/mol. The van der Waals surface area contributed by atoms with E-state index in [-0.39, 0.29) is 36.4 Å². The Morgan fingerprint density at radius 1 is 1.18 bits per heavy atom. The van der Waals surface area contributed by atoms with Crippen LogP contribution in [-0.4, -0.2) is 54.6 Å². The van der Waals surface area contributed by atoms with Crippen LogP contribution in [0.4, 0.5) is 17.2 Å². The van der Waals surface area contributed by atoms with E-state index in [0.29, 0.717) is 26.2 Å². The number of nitrogens with zero attached hydrogens (tertiary/aromatic N) is 2. The summed E-state index contributed by atoms with van der Waals surface area (Å²) in [5.74, 6) is 0.725. The standard InChI is InChI=1S/C26H31N3O5/c1-15(2)33-18-6-8-21(31-13-18)26(30)29-12-17-4-3-9-27-25(17)28-19-7-5-16(10-20(19)29)24-14-32-22-11-23(22)34-24/h3-5,7,9-10,15,18,21-24H,6,8,11-14H2,1-2H3,(H,27,28)/t18-,21+,22?,23?,24?/m0/s1. The number of pyridine rings is 1. The normalized spacial score (nSPS) is 30.0. The lowest BCUT2D eigenvalue weighted by atomic mass is 10.0. The number of fused-ring (bicyclic) bond motifs is 3. The highest BCUT2D eigenvalue weighted by molar-refractivity contribution is 6.01. The molecule has 0 spiro atoms. The summed E-state index contributed by atoms with van der Waals surface area (Å²) in [5, 5.41) is 3.43. The molecule has 180 valence electrons. The number of carbonyl (C=O) groups excluding carboxylic acids is 1. The molecule has 8 heteroatoms. The number of benzene rings is 1. The molecule has 1 amide bonds. The van der Waals surface area contributed by atoms with Crippen LogP contribution in [0.2, 0.25) is 0 Å². The van der Waals surface area contributed by atoms with Crippen LogP contribution in [0.5, 0.6) is 0 Å². The molecule has 4 aliphatic rings. The van der Waals surface area contributed by atoms with Gasteiger partial charge in [-0.1, -0.05) is 12.1 Å². The summed E-state index contributed by atoms with van der Waals surface area (Å²) in [6, 6.07) is 10.0. The minimum absolute atomic E-state index is 0.0355. The van der Waals surface area contributed by atoms with Crippen LogP contribution in [0.25, 0.3) is 0 Å². The first-order chi connectivity index (χ1) is 16.5. The second kappa shape index (κ2) is 8.92. The van der Waals surface area contributed by atoms with Gasteiger partial charge in [-0.3, -0.25) is 4.79 Å². The lowest BCUT2D eigenvalue weighted by molar-refractivity contribution is -0.143. The van der Waals surface area contributed by atoms with E-state index in [2.05, 4.69) is 16.4 Å². The van der Waals surface area contributed by atoms with Gasteiger partial charge in [0.25, 0.3) is 5.91 Å². The van der Waals surface area contributed by atoms with Crippen molar-refractivity contribution in [2.45, 2.75) is 76.3 Å². The molecule has 1 aliphatic carbocycles. The van der Waals surface area contributed by atoms with Gasteiger partial charge < -0.3 is 29.2 Å². The second-order valence-corrected chi connectivity index (χ2v) is 9.81. The zero-order valence-electron chi connectivity index (χ0n) is 19.6. The molecule has 3 fully saturated rings. The molecule has 1 aromatic carbocycles. The van der Waals surface area contributed by atoms with E-state index in [0.717, 1.165) is 41.2 Å². The quantitative estimate of drug-likeness (QED) is 0.734. The number of rotatable bonds is 4. The van der Waals surface area contributed by atoms with Gasteiger partial charge in [0.2, 0.25) is 0 Å². The molecule has 34 heavy (non-hydrogen) atoms. The first-order valence-electron chi connectivity index (χ1n) is 12.3. The molecule has 5 atom stereocenters. The summed E-state index contributed by atoms with van der Waals surface area (Å²) in [4.78, 5) is 20.1. The van der Waals surface area contributed by atoms with Crippen LogP contribution in [0.3, 0.4) is 0 Å². The van der Waals surface area contributed by atoms with Crippen LogP contribution in [0, 0.1) is 0 Å². The summed E-state index contributed by atoms with van der Waals surface area (Å²) in [5.41, 5.74) is 3.62. The Morgan fingerprint density at radius 3 is 2.88 bits per heavy atom. The molecule has 1 N–H and O–H groups in total. The number of anilines is 3. The summed E-state index contributed by atoms with van der Waals surface area (Å²) in [6.07, 6.45) is 4.17. The lowest BCUT2D eigenvalue weighted by Crippen LogP contribution is -2.44. The van der Waals surface area contributed by atoms with Gasteiger partial charge in [-0.25, -0.2) is 4.98 Å². The van der Waals surface area contributed by atoms with E-state index in [1.54, 1.807) is 6.20 Å². The molecule has 3 unspecified atom stereocenters. The maximum Gasteiger partial charge on any atom is 0.256 e. The summed E-state index contributed by atoms with van der Waals surface area (Å²) in [7, 11) is 0. The number of carbonyl (C=O) groups is 1. The molecule has 3 aliphatic heterocycles. The fourth-order valence-electron chi connectivity index (χ4n) is 5.03. The number of amides is 1. The van der Waals surface area contributed by atoms with Gasteiger partial charge in [-0.2, -0.15) is 0 Å². The van der Waals surface area contributed by atoms with Gasteiger partial charge in [0, 0.05) is 18.2 Å². The molecule has 6 rings (SSSR count). The Morgan fingerprint density at radius 2 is 2.09 bits per heavy atom. The molecule has 8 nitrogen and oxygen atoms in total. The van der Waals surface area contributed by atoms with Crippen molar-refractivity contribution in [3.8, 4) is 0 Å². The van der Waals surface area contributed by atoms with Crippen LogP contribution in [0.15, 0.2) is 36.5 Å². The van der Waals surface area contributed by atoms with Crippen molar-refractivity contribution in [3.63, 3.8) is 0 Å². The van der Waals surface area contributed by atoms with E-state index in [1.165, 1.54) is 0 Å². The van der Waals surface area contributed by atoms with Gasteiger partial charge in [-0.15, -0.1) is 0 Å². The summed E-state index contributed by atoms with van der Waals surface area (Å²) in [6.45, 7) is 5.43. The molecule has 2 aromatic rings. The molecule has 0 bridgehead atoms. The van der Waals surface area contributed by atoms with Crippen LogP contribution >= 0.6 is 0 Å². The number of nitrogens with one attached hydrogen (secondary N) is 1. The van der Waals surface area contributed by atoms with Crippen molar-refractivity contribution in [1.29, 1.82) is 0 Å². The number of aromatic nitrogens is 1. The first-order valence-corrected chi connectivity index (χ1v) is 12.3. The van der Waals surface area contributed by atoms with Crippen LogP contribution in [-0.2, 0) is 30.3 Å². The third kappa shape index (κ3) is 4.31. The highest BCUT2D eigenvalue weighted by Gasteiger charge is 2.45. The van der Waals surface area contributed by atoms with Crippen molar-refractivity contribution < 1.29 is 23.7 Å². The average molecular weight is 466 g/mol. The minimum Gasteiger partial charge on any atom is -0.373 e. The first kappa shape index (κ1) is 22.0. The van der Waals surface area contributed by atoms with Crippen molar-refractivity contribution in [2.75, 3.05) is 23.4 Å². The zero-order chi connectivity index (χ0) is 23.2. The van der Waals surface area contributed by atoms with E-state index >= 15 is 0 Å². The Hall–Kier alpha value is -2.52. The van der Waals surface area contributed by atoms with Crippen LogP contribution in [0.1, 0.15) is 50.3 Å². The van der Waals surface area contributed by atoms with Crippen LogP contribution < -0.4 is 10.2 Å². The topological polar surface area (TPSA) is 82.2 Å². The average Bonchev–Trinajstić information content (AvgIpc) is 3.64. The van der Waals surface area contributed by atoms with E-state index < -0.39 is 6.10 Å². The molecule has 0 radical (unpaired) electrons. The number of ether oxygens (including phenoxy) is 4. The van der Waals surface area contributed by atoms with E-state index in [9.17, 15) is 4.79 Å². The maximum atomic E-state index is 13.8. The Bertz CT molecular complexity index is 1070. The van der Waals surface area contributed by atoms with Crippen molar-refractivity contribution in [3.05, 3.63) is 47.7 Å². The monoisotopic (exact) mass is 465 g/mol. The van der Waals surface area contributed by atoms with Gasteiger partial charge in [-0.05, 0) is 50.5 Å². The van der Waals surface area contributed by atoms with Gasteiger partial charge >= 0.3 is 0 Å². The largest absolute Gasteiger partial charge is 0.373 e. The summed E-state index contributed by atoms with van der Waals surface area (Å²) < 4.78 is 24.0. The SMILES string of the molecule is CC(C)O[C@H]1CC[C@H](C(=O)N2Cc3cccnc3Nc3ccc(C4COC5CC5O4)cc32)OC1. The lowest BCUT2D eigenvalue weighted by Gasteiger charge is -2.33. The number of hydrogen-bond donors (Lipinski definition) is 1. The molecule has 1 saturated carbocycles. The Kier molecular flexibility index (Phi) is 5.77. The van der Waals surface area contributed by atoms with Crippen molar-refractivity contribution in [1.82, 2.24) is 4.98 Å². The third-order valence-electron chi connectivity index (χ3n) is 6.87. The smallest absolute Gasteiger partial charge is 0.256 e. The molecular weight excluding hydrogens is 434 g/mol. The number of hydrogen-bond acceptors (Lipinski definition) is 7. The van der Waals surface area contributed by atoms with E-state index in [4.69, 9.17) is 18.9 Å². The van der Waals surface area contributed by atoms with E-state index in [1.807, 2.05) is 43.0 Å². The highest BCUT2D eigenvalue weighted by atomic mass is 16.6. The molecule has 2 saturated heterocycles. The zero-order valence-corrected chi connectivity index (χ0v) is 19.6. The van der Waals surface area contributed by atoms with Gasteiger partial charge in [0.05, 0.1) is 55.5 Å². The van der Waals surface area contributed by atoms with Crippen molar-refractivity contribution in [2.24, 2.45) is 0 Å². The third-order valence-corrected chi connectivity index (χ3v) is 6.87. The summed E-state index contributed by atoms with van der Waals surface area (Å²) >= 11 is 0. The second-order valence-electron chi connectivity index (χ2n) is 9.81. The molecule has 1 aromatic heterocycles. The highest BCUT2D eigenvalue weighted by Crippen LogP contribution is 2.42. The van der Waals surface area contributed by atoms with Gasteiger partial charge in [0.15, 0.2) is 0 Å². The Labute approximate surface area is 199 Å². The maximum absolute atomic E-state index is 13.8. The Balaban J connectivity index is 1.29. The predicted octanol–water partition coefficient (Wildman–Crippen LogP) is 3.87. The fraction of sp³-hybridized carbons (Fsp3) is 0.538. The van der Waals surface area contributed by atoms with Gasteiger partial charge in [0.1, 0.15) is 18.0 Å². The minimum atomic E-state index is -0.497.